The molecule has 0 aromatic heterocycles. The number of hydrogen-bond donors (Lipinski definition) is 2. The Balaban J connectivity index is 2.30. The van der Waals surface area contributed by atoms with Gasteiger partial charge in [-0.2, -0.15) is 0 Å². The molecule has 1 aromatic carbocycles. The van der Waals surface area contributed by atoms with E-state index in [0.717, 1.165) is 4.47 Å². The van der Waals surface area contributed by atoms with Gasteiger partial charge in [-0.1, -0.05) is 22.0 Å². The van der Waals surface area contributed by atoms with E-state index in [9.17, 15) is 9.90 Å². The fourth-order valence-electron chi connectivity index (χ4n) is 1.60. The molecule has 0 fully saturated rings. The molecule has 20 heavy (non-hydrogen) atoms. The number of carbonyl (C=O) groups is 1. The van der Waals surface area contributed by atoms with Crippen molar-refractivity contribution in [3.63, 3.8) is 0 Å². The van der Waals surface area contributed by atoms with Crippen LogP contribution < -0.4 is 10.1 Å². The maximum Gasteiger partial charge on any atom is 0.238 e. The fraction of sp³-hybridized carbons (Fsp3) is 0.500. The van der Waals surface area contributed by atoms with Gasteiger partial charge in [-0.15, -0.1) is 0 Å². The first-order valence-corrected chi connectivity index (χ1v) is 7.20. The first kappa shape index (κ1) is 16.9. The van der Waals surface area contributed by atoms with Crippen molar-refractivity contribution in [2.75, 3.05) is 27.2 Å². The van der Waals surface area contributed by atoms with Gasteiger partial charge in [0.25, 0.3) is 0 Å². The first-order valence-electron chi connectivity index (χ1n) is 6.41. The Morgan fingerprint density at radius 2 is 2.20 bits per heavy atom. The molecule has 1 aromatic rings. The summed E-state index contributed by atoms with van der Waals surface area (Å²) >= 11 is 3.35. The first-order chi connectivity index (χ1) is 9.40. The van der Waals surface area contributed by atoms with E-state index in [1.54, 1.807) is 21.0 Å². The van der Waals surface area contributed by atoms with Gasteiger partial charge in [0.2, 0.25) is 5.91 Å². The monoisotopic (exact) mass is 344 g/mol. The number of nitrogens with one attached hydrogen (secondary N) is 1. The second-order valence-corrected chi connectivity index (χ2v) is 5.70. The predicted molar refractivity (Wildman–Crippen MR) is 81.8 cm³/mol. The highest BCUT2D eigenvalue weighted by atomic mass is 79.9. The normalized spacial score (nSPS) is 13.7. The molecule has 1 rings (SSSR count). The van der Waals surface area contributed by atoms with Crippen LogP contribution in [0, 0.1) is 0 Å². The van der Waals surface area contributed by atoms with Gasteiger partial charge in [0, 0.05) is 25.1 Å². The summed E-state index contributed by atoms with van der Waals surface area (Å²) < 4.78 is 6.40. The lowest BCUT2D eigenvalue weighted by atomic mass is 10.2. The minimum Gasteiger partial charge on any atom is -0.491 e. The minimum atomic E-state index is -0.675. The van der Waals surface area contributed by atoms with Crippen LogP contribution in [0.3, 0.4) is 0 Å². The van der Waals surface area contributed by atoms with Gasteiger partial charge in [0.05, 0.1) is 6.04 Å². The summed E-state index contributed by atoms with van der Waals surface area (Å²) in [7, 11) is 3.40. The molecule has 0 radical (unpaired) electrons. The molecule has 5 nitrogen and oxygen atoms in total. The predicted octanol–water partition coefficient (Wildman–Crippen LogP) is 1.26. The van der Waals surface area contributed by atoms with Crippen molar-refractivity contribution in [3.05, 3.63) is 28.7 Å². The van der Waals surface area contributed by atoms with Gasteiger partial charge in [-0.25, -0.2) is 0 Å². The van der Waals surface area contributed by atoms with Gasteiger partial charge in [-0.3, -0.25) is 4.79 Å². The Morgan fingerprint density at radius 1 is 1.50 bits per heavy atom. The molecule has 112 valence electrons. The standard InChI is InChI=1S/C14H21BrN2O3/c1-10(14(19)17(2)3)16-8-12(18)9-20-13-6-4-5-11(15)7-13/h4-7,10,12,16,18H,8-9H2,1-3H3. The number of amides is 1. The number of aliphatic hydroxyl groups excluding tert-OH is 1. The summed E-state index contributed by atoms with van der Waals surface area (Å²) in [5.74, 6) is 0.668. The quantitative estimate of drug-likeness (QED) is 0.781. The number of likely N-dealkylation sites (N-methyl/N-ethyl adjacent to an activating group) is 1. The molecule has 2 N–H and O–H groups in total. The van der Waals surface area contributed by atoms with Crippen molar-refractivity contribution in [1.29, 1.82) is 0 Å². The number of ether oxygens (including phenoxy) is 1. The van der Waals surface area contributed by atoms with Crippen LogP contribution in [0.15, 0.2) is 28.7 Å². The van der Waals surface area contributed by atoms with Crippen LogP contribution in [-0.4, -0.2) is 55.3 Å². The van der Waals surface area contributed by atoms with Crippen LogP contribution in [0.5, 0.6) is 5.75 Å². The van der Waals surface area contributed by atoms with Crippen LogP contribution in [0.2, 0.25) is 0 Å². The largest absolute Gasteiger partial charge is 0.491 e. The number of halogens is 1. The van der Waals surface area contributed by atoms with Crippen molar-refractivity contribution in [2.45, 2.75) is 19.1 Å². The zero-order valence-corrected chi connectivity index (χ0v) is 13.6. The zero-order chi connectivity index (χ0) is 15.1. The molecule has 0 aliphatic heterocycles. The Bertz CT molecular complexity index is 440. The molecule has 0 saturated carbocycles. The Labute approximate surface area is 128 Å². The summed E-state index contributed by atoms with van der Waals surface area (Å²) in [6, 6.07) is 7.09. The number of hydrogen-bond acceptors (Lipinski definition) is 4. The number of carbonyl (C=O) groups excluding carboxylic acids is 1. The Morgan fingerprint density at radius 3 is 2.80 bits per heavy atom. The maximum absolute atomic E-state index is 11.6. The summed E-state index contributed by atoms with van der Waals surface area (Å²) in [5.41, 5.74) is 0. The van der Waals surface area contributed by atoms with Crippen LogP contribution in [0.4, 0.5) is 0 Å². The van der Waals surface area contributed by atoms with Crippen molar-refractivity contribution >= 4 is 21.8 Å². The molecular weight excluding hydrogens is 324 g/mol. The van der Waals surface area contributed by atoms with Crippen molar-refractivity contribution < 1.29 is 14.6 Å². The summed E-state index contributed by atoms with van der Waals surface area (Å²) in [6.07, 6.45) is -0.675. The topological polar surface area (TPSA) is 61.8 Å². The number of nitrogens with zero attached hydrogens (tertiary/aromatic N) is 1. The molecule has 0 saturated heterocycles. The molecule has 0 aliphatic carbocycles. The van der Waals surface area contributed by atoms with Crippen molar-refractivity contribution in [2.24, 2.45) is 0 Å². The zero-order valence-electron chi connectivity index (χ0n) is 12.0. The second kappa shape index (κ2) is 8.24. The molecule has 0 aliphatic rings. The van der Waals surface area contributed by atoms with E-state index in [4.69, 9.17) is 4.74 Å². The van der Waals surface area contributed by atoms with Crippen LogP contribution >= 0.6 is 15.9 Å². The lowest BCUT2D eigenvalue weighted by molar-refractivity contribution is -0.130. The molecule has 6 heteroatoms. The molecule has 0 bridgehead atoms. The van der Waals surface area contributed by atoms with E-state index in [0.29, 0.717) is 12.3 Å². The van der Waals surface area contributed by atoms with Gasteiger partial charge in [-0.05, 0) is 25.1 Å². The number of aliphatic hydroxyl groups is 1. The Hall–Kier alpha value is -1.11. The highest BCUT2D eigenvalue weighted by Gasteiger charge is 2.15. The molecule has 0 heterocycles. The lowest BCUT2D eigenvalue weighted by Gasteiger charge is -2.20. The average Bonchev–Trinajstić information content (AvgIpc) is 2.41. The van der Waals surface area contributed by atoms with Crippen LogP contribution in [0.1, 0.15) is 6.92 Å². The maximum atomic E-state index is 11.6. The Kier molecular flexibility index (Phi) is 6.98. The highest BCUT2D eigenvalue weighted by molar-refractivity contribution is 9.10. The van der Waals surface area contributed by atoms with E-state index < -0.39 is 6.10 Å². The van der Waals surface area contributed by atoms with E-state index in [-0.39, 0.29) is 18.6 Å². The van der Waals surface area contributed by atoms with Crippen LogP contribution in [0.25, 0.3) is 0 Å². The third-order valence-electron chi connectivity index (χ3n) is 2.71. The van der Waals surface area contributed by atoms with Gasteiger partial charge in [0.15, 0.2) is 0 Å². The second-order valence-electron chi connectivity index (χ2n) is 4.78. The third kappa shape index (κ3) is 5.90. The van der Waals surface area contributed by atoms with Crippen LogP contribution in [-0.2, 0) is 4.79 Å². The summed E-state index contributed by atoms with van der Waals surface area (Å²) in [4.78, 5) is 13.1. The van der Waals surface area contributed by atoms with Gasteiger partial charge >= 0.3 is 0 Å². The van der Waals surface area contributed by atoms with E-state index in [2.05, 4.69) is 21.2 Å². The molecular formula is C14H21BrN2O3. The van der Waals surface area contributed by atoms with Gasteiger partial charge < -0.3 is 20.1 Å². The molecule has 2 unspecified atom stereocenters. The number of benzene rings is 1. The van der Waals surface area contributed by atoms with Crippen molar-refractivity contribution in [1.82, 2.24) is 10.2 Å². The molecule has 0 spiro atoms. The van der Waals surface area contributed by atoms with E-state index in [1.807, 2.05) is 24.3 Å². The smallest absolute Gasteiger partial charge is 0.238 e. The van der Waals surface area contributed by atoms with E-state index >= 15 is 0 Å². The highest BCUT2D eigenvalue weighted by Crippen LogP contribution is 2.17. The molecule has 2 atom stereocenters. The molecule has 1 amide bonds. The summed E-state index contributed by atoms with van der Waals surface area (Å²) in [6.45, 7) is 2.24. The lowest BCUT2D eigenvalue weighted by Crippen LogP contribution is -2.45. The van der Waals surface area contributed by atoms with Gasteiger partial charge in [0.1, 0.15) is 18.5 Å². The summed E-state index contributed by atoms with van der Waals surface area (Å²) in [5, 5.41) is 12.8. The third-order valence-corrected chi connectivity index (χ3v) is 3.20. The number of rotatable bonds is 7. The fourth-order valence-corrected chi connectivity index (χ4v) is 1.97. The average molecular weight is 345 g/mol. The minimum absolute atomic E-state index is 0.0230. The van der Waals surface area contributed by atoms with E-state index in [1.165, 1.54) is 4.90 Å². The SMILES string of the molecule is CC(NCC(O)COc1cccc(Br)c1)C(=O)N(C)C. The van der Waals surface area contributed by atoms with Crippen molar-refractivity contribution in [3.8, 4) is 5.75 Å².